The van der Waals surface area contributed by atoms with Crippen LogP contribution in [0.5, 0.6) is 0 Å². The minimum atomic E-state index is -0.931. The number of nitrogens with zero attached hydrogens (tertiary/aromatic N) is 1. The number of hydrazine groups is 1. The van der Waals surface area contributed by atoms with E-state index in [0.717, 1.165) is 11.3 Å². The Balaban J connectivity index is 1.53. The zero-order valence-electron chi connectivity index (χ0n) is 14.7. The molecule has 1 aliphatic carbocycles. The Morgan fingerprint density at radius 3 is 2.77 bits per heavy atom. The summed E-state index contributed by atoms with van der Waals surface area (Å²) in [4.78, 5) is 36.4. The molecule has 0 saturated carbocycles. The van der Waals surface area contributed by atoms with Crippen molar-refractivity contribution in [1.29, 1.82) is 0 Å². The molecule has 1 aromatic rings. The normalized spacial score (nSPS) is 19.9. The van der Waals surface area contributed by atoms with E-state index in [4.69, 9.17) is 9.47 Å². The molecule has 0 bridgehead atoms. The van der Waals surface area contributed by atoms with Gasteiger partial charge in [-0.3, -0.25) is 9.59 Å². The molecule has 2 aliphatic rings. The number of carbonyl (C=O) groups is 3. The van der Waals surface area contributed by atoms with Gasteiger partial charge in [0.25, 0.3) is 5.78 Å². The molecule has 138 valence electrons. The van der Waals surface area contributed by atoms with Crippen LogP contribution in [0.4, 0.5) is 0 Å². The van der Waals surface area contributed by atoms with Gasteiger partial charge in [0.05, 0.1) is 25.7 Å². The van der Waals surface area contributed by atoms with Crippen LogP contribution in [0.15, 0.2) is 41.6 Å². The standard InChI is InChI=1S/C19H22N2O5/c1-2-26-19(24)18(23)14-8-9-16-15(17(14)22)10-21(20-16)12-25-11-13-6-4-3-5-7-13/h3-7,14,20H,2,8-12H2,1H3. The highest BCUT2D eigenvalue weighted by Crippen LogP contribution is 2.30. The smallest absolute Gasteiger partial charge is 0.375 e. The first kappa shape index (κ1) is 18.3. The fraction of sp³-hybridized carbons (Fsp3) is 0.421. The monoisotopic (exact) mass is 358 g/mol. The molecular formula is C19H22N2O5. The second-order valence-electron chi connectivity index (χ2n) is 6.27. The Labute approximate surface area is 151 Å². The van der Waals surface area contributed by atoms with Crippen LogP contribution >= 0.6 is 0 Å². The van der Waals surface area contributed by atoms with Crippen molar-refractivity contribution in [2.24, 2.45) is 5.92 Å². The lowest BCUT2D eigenvalue weighted by Gasteiger charge is -2.20. The summed E-state index contributed by atoms with van der Waals surface area (Å²) in [5.41, 5.74) is 5.60. The predicted molar refractivity (Wildman–Crippen MR) is 92.3 cm³/mol. The Morgan fingerprint density at radius 2 is 2.04 bits per heavy atom. The topological polar surface area (TPSA) is 84.9 Å². The second-order valence-corrected chi connectivity index (χ2v) is 6.27. The lowest BCUT2D eigenvalue weighted by molar-refractivity contribution is -0.156. The van der Waals surface area contributed by atoms with Gasteiger partial charge in [0.15, 0.2) is 5.78 Å². The largest absolute Gasteiger partial charge is 0.460 e. The van der Waals surface area contributed by atoms with E-state index < -0.39 is 17.7 Å². The summed E-state index contributed by atoms with van der Waals surface area (Å²) in [5.74, 6) is -2.90. The fourth-order valence-electron chi connectivity index (χ4n) is 3.17. The third-order valence-corrected chi connectivity index (χ3v) is 4.46. The summed E-state index contributed by atoms with van der Waals surface area (Å²) in [5, 5.41) is 1.79. The molecule has 0 radical (unpaired) electrons. The lowest BCUT2D eigenvalue weighted by Crippen LogP contribution is -2.35. The highest BCUT2D eigenvalue weighted by Gasteiger charge is 2.41. The van der Waals surface area contributed by atoms with Gasteiger partial charge in [-0.2, -0.15) is 5.01 Å². The van der Waals surface area contributed by atoms with Crippen molar-refractivity contribution in [3.8, 4) is 0 Å². The van der Waals surface area contributed by atoms with E-state index in [0.29, 0.717) is 38.3 Å². The van der Waals surface area contributed by atoms with Gasteiger partial charge >= 0.3 is 5.97 Å². The molecule has 1 N–H and O–H groups in total. The van der Waals surface area contributed by atoms with Gasteiger partial charge in [0.2, 0.25) is 0 Å². The highest BCUT2D eigenvalue weighted by molar-refractivity contribution is 6.39. The zero-order chi connectivity index (χ0) is 18.5. The van der Waals surface area contributed by atoms with Crippen molar-refractivity contribution >= 4 is 17.5 Å². The van der Waals surface area contributed by atoms with Gasteiger partial charge in [-0.1, -0.05) is 30.3 Å². The third-order valence-electron chi connectivity index (χ3n) is 4.46. The molecule has 0 spiro atoms. The van der Waals surface area contributed by atoms with Gasteiger partial charge < -0.3 is 14.9 Å². The molecule has 3 rings (SSSR count). The maximum Gasteiger partial charge on any atom is 0.375 e. The molecule has 0 amide bonds. The van der Waals surface area contributed by atoms with E-state index in [1.54, 1.807) is 11.9 Å². The lowest BCUT2D eigenvalue weighted by atomic mass is 9.83. The maximum absolute atomic E-state index is 12.6. The number of rotatable bonds is 7. The zero-order valence-corrected chi connectivity index (χ0v) is 14.7. The summed E-state index contributed by atoms with van der Waals surface area (Å²) < 4.78 is 10.4. The van der Waals surface area contributed by atoms with Crippen molar-refractivity contribution < 1.29 is 23.9 Å². The minimum Gasteiger partial charge on any atom is -0.460 e. The van der Waals surface area contributed by atoms with Crippen LogP contribution in [0.2, 0.25) is 0 Å². The van der Waals surface area contributed by atoms with Crippen LogP contribution in [-0.2, 0) is 30.5 Å². The van der Waals surface area contributed by atoms with E-state index in [-0.39, 0.29) is 12.4 Å². The van der Waals surface area contributed by atoms with E-state index >= 15 is 0 Å². The SMILES string of the molecule is CCOC(=O)C(=O)C1CCC2=C(CN(COCc3ccccc3)N2)C1=O. The second kappa shape index (κ2) is 8.25. The van der Waals surface area contributed by atoms with E-state index in [1.165, 1.54) is 0 Å². The number of esters is 1. The van der Waals surface area contributed by atoms with Crippen LogP contribution in [0.3, 0.4) is 0 Å². The molecule has 0 fully saturated rings. The van der Waals surface area contributed by atoms with E-state index in [1.807, 2.05) is 30.3 Å². The van der Waals surface area contributed by atoms with Gasteiger partial charge in [0.1, 0.15) is 6.73 Å². The molecular weight excluding hydrogens is 336 g/mol. The number of allylic oxidation sites excluding steroid dienone is 1. The van der Waals surface area contributed by atoms with Gasteiger partial charge in [-0.25, -0.2) is 4.79 Å². The molecule has 0 aromatic heterocycles. The minimum absolute atomic E-state index is 0.119. The summed E-state index contributed by atoms with van der Waals surface area (Å²) in [6, 6.07) is 9.81. The summed E-state index contributed by atoms with van der Waals surface area (Å²) in [6.45, 7) is 2.89. The average molecular weight is 358 g/mol. The molecule has 1 unspecified atom stereocenters. The molecule has 1 aliphatic heterocycles. The number of hydrogen-bond acceptors (Lipinski definition) is 7. The number of ether oxygens (including phenoxy) is 2. The first-order chi connectivity index (χ1) is 12.6. The summed E-state index contributed by atoms with van der Waals surface area (Å²) in [6.07, 6.45) is 0.868. The van der Waals surface area contributed by atoms with Crippen LogP contribution in [0.25, 0.3) is 0 Å². The first-order valence-electron chi connectivity index (χ1n) is 8.70. The summed E-state index contributed by atoms with van der Waals surface area (Å²) in [7, 11) is 0. The number of benzene rings is 1. The molecule has 1 atom stereocenters. The van der Waals surface area contributed by atoms with Gasteiger partial charge in [-0.15, -0.1) is 0 Å². The molecule has 1 heterocycles. The Morgan fingerprint density at radius 1 is 1.27 bits per heavy atom. The van der Waals surface area contributed by atoms with Crippen LogP contribution in [0.1, 0.15) is 25.3 Å². The average Bonchev–Trinajstić information content (AvgIpc) is 3.06. The molecule has 7 heteroatoms. The Hall–Kier alpha value is -2.51. The van der Waals surface area contributed by atoms with Crippen molar-refractivity contribution in [2.45, 2.75) is 26.4 Å². The molecule has 1 aromatic carbocycles. The number of hydrogen-bond donors (Lipinski definition) is 1. The Bertz CT molecular complexity index is 729. The molecule has 7 nitrogen and oxygen atoms in total. The first-order valence-corrected chi connectivity index (χ1v) is 8.70. The molecule has 0 saturated heterocycles. The molecule has 26 heavy (non-hydrogen) atoms. The number of ketones is 2. The van der Waals surface area contributed by atoms with Crippen molar-refractivity contribution in [3.05, 3.63) is 47.2 Å². The number of carbonyl (C=O) groups excluding carboxylic acids is 3. The van der Waals surface area contributed by atoms with Crippen LogP contribution in [-0.4, -0.2) is 42.4 Å². The number of nitrogens with one attached hydrogen (secondary N) is 1. The van der Waals surface area contributed by atoms with E-state index in [2.05, 4.69) is 5.43 Å². The maximum atomic E-state index is 12.6. The van der Waals surface area contributed by atoms with Gasteiger partial charge in [-0.05, 0) is 25.3 Å². The van der Waals surface area contributed by atoms with Gasteiger partial charge in [0, 0.05) is 11.3 Å². The summed E-state index contributed by atoms with van der Waals surface area (Å²) >= 11 is 0. The fourth-order valence-corrected chi connectivity index (χ4v) is 3.17. The van der Waals surface area contributed by atoms with Crippen LogP contribution in [0, 0.1) is 5.92 Å². The Kier molecular flexibility index (Phi) is 5.80. The third kappa shape index (κ3) is 4.00. The highest BCUT2D eigenvalue weighted by atomic mass is 16.5. The van der Waals surface area contributed by atoms with Crippen LogP contribution < -0.4 is 5.43 Å². The van der Waals surface area contributed by atoms with Crippen molar-refractivity contribution in [1.82, 2.24) is 10.4 Å². The van der Waals surface area contributed by atoms with Crippen molar-refractivity contribution in [3.63, 3.8) is 0 Å². The van der Waals surface area contributed by atoms with E-state index in [9.17, 15) is 14.4 Å². The quantitative estimate of drug-likeness (QED) is 0.447. The number of Topliss-reactive ketones (excluding diaryl/α,β-unsaturated/α-hetero) is 2. The van der Waals surface area contributed by atoms with Crippen molar-refractivity contribution in [2.75, 3.05) is 19.9 Å². The predicted octanol–water partition coefficient (Wildman–Crippen LogP) is 1.35.